The molecule has 2 aromatic rings. The summed E-state index contributed by atoms with van der Waals surface area (Å²) in [5.41, 5.74) is 2.61. The number of carbonyl (C=O) groups is 2. The standard InChI is InChI=1S/C27H40N4O4Si/c1-19-10-8-13-22(30-26(33)35-27(2,3)4)20-11-9-12-21(16-20)24-23(29-25(19)32)17-28-31(24)18-34-14-15-36(5,6)7/h8-12,16-17,19,22H,13-15,18H2,1-7H3,(H,29,32)(H,30,33)/b10-8+/t19-,22+/m1/s1. The number of benzene rings is 1. The van der Waals surface area contributed by atoms with E-state index in [-0.39, 0.29) is 24.6 Å². The van der Waals surface area contributed by atoms with E-state index in [0.717, 1.165) is 22.9 Å². The highest BCUT2D eigenvalue weighted by atomic mass is 28.3. The topological polar surface area (TPSA) is 94.5 Å². The van der Waals surface area contributed by atoms with Crippen LogP contribution in [0.2, 0.25) is 25.7 Å². The van der Waals surface area contributed by atoms with Gasteiger partial charge in [0.05, 0.1) is 29.5 Å². The van der Waals surface area contributed by atoms with Crippen molar-refractivity contribution >= 4 is 25.8 Å². The number of carbonyl (C=O) groups excluding carboxylic acids is 2. The summed E-state index contributed by atoms with van der Waals surface area (Å²) in [4.78, 5) is 25.5. The Morgan fingerprint density at radius 3 is 2.72 bits per heavy atom. The quantitative estimate of drug-likeness (QED) is 0.283. The molecule has 9 heteroatoms. The molecule has 36 heavy (non-hydrogen) atoms. The van der Waals surface area contributed by atoms with E-state index >= 15 is 0 Å². The van der Waals surface area contributed by atoms with E-state index in [1.807, 2.05) is 64.1 Å². The van der Waals surface area contributed by atoms with E-state index in [1.54, 1.807) is 10.9 Å². The van der Waals surface area contributed by atoms with Crippen LogP contribution in [-0.2, 0) is 21.0 Å². The lowest BCUT2D eigenvalue weighted by atomic mass is 9.98. The highest BCUT2D eigenvalue weighted by Crippen LogP contribution is 2.32. The van der Waals surface area contributed by atoms with Crippen molar-refractivity contribution in [3.05, 3.63) is 48.2 Å². The highest BCUT2D eigenvalue weighted by Gasteiger charge is 2.23. The molecule has 3 rings (SSSR count). The van der Waals surface area contributed by atoms with Crippen LogP contribution in [0.25, 0.3) is 11.3 Å². The Labute approximate surface area is 215 Å². The van der Waals surface area contributed by atoms with Crippen LogP contribution in [-0.4, -0.2) is 42.1 Å². The first-order chi connectivity index (χ1) is 16.8. The molecule has 8 nitrogen and oxygen atoms in total. The van der Waals surface area contributed by atoms with Gasteiger partial charge < -0.3 is 20.1 Å². The van der Waals surface area contributed by atoms with Crippen LogP contribution in [0.3, 0.4) is 0 Å². The van der Waals surface area contributed by atoms with Crippen molar-refractivity contribution in [3.63, 3.8) is 0 Å². The Morgan fingerprint density at radius 2 is 2.03 bits per heavy atom. The fourth-order valence-electron chi connectivity index (χ4n) is 3.79. The van der Waals surface area contributed by atoms with Crippen molar-refractivity contribution < 1.29 is 19.1 Å². The maximum atomic E-state index is 12.9. The molecule has 0 radical (unpaired) electrons. The molecular weight excluding hydrogens is 472 g/mol. The zero-order valence-corrected chi connectivity index (χ0v) is 23.6. The SMILES string of the molecule is C[C@@H]1/C=C/C[C@H](NC(=O)OC(C)(C)C)c2cccc(c2)-c2c(cnn2COCC[Si](C)(C)C)NC1=O. The third-order valence-electron chi connectivity index (χ3n) is 5.77. The number of aromatic nitrogens is 2. The first kappa shape index (κ1) is 27.7. The summed E-state index contributed by atoms with van der Waals surface area (Å²) in [5, 5.41) is 10.5. The zero-order chi connectivity index (χ0) is 26.5. The number of nitrogens with zero attached hydrogens (tertiary/aromatic N) is 2. The highest BCUT2D eigenvalue weighted by molar-refractivity contribution is 6.76. The van der Waals surface area contributed by atoms with Gasteiger partial charge in [-0.25, -0.2) is 9.48 Å². The predicted molar refractivity (Wildman–Crippen MR) is 145 cm³/mol. The van der Waals surface area contributed by atoms with E-state index in [0.29, 0.717) is 18.7 Å². The van der Waals surface area contributed by atoms with Gasteiger partial charge in [-0.15, -0.1) is 0 Å². The van der Waals surface area contributed by atoms with Crippen molar-refractivity contribution in [2.45, 2.75) is 78.2 Å². The number of hydrogen-bond donors (Lipinski definition) is 2. The molecule has 1 aromatic heterocycles. The summed E-state index contributed by atoms with van der Waals surface area (Å²) in [6.07, 6.45) is 5.49. The number of rotatable bonds is 6. The first-order valence-corrected chi connectivity index (χ1v) is 16.2. The molecule has 2 heterocycles. The maximum Gasteiger partial charge on any atom is 0.408 e. The Balaban J connectivity index is 1.96. The average Bonchev–Trinajstić information content (AvgIpc) is 3.15. The van der Waals surface area contributed by atoms with E-state index in [4.69, 9.17) is 9.47 Å². The summed E-state index contributed by atoms with van der Waals surface area (Å²) >= 11 is 0. The monoisotopic (exact) mass is 512 g/mol. The Hall–Kier alpha value is -2.91. The largest absolute Gasteiger partial charge is 0.444 e. The molecule has 2 bridgehead atoms. The van der Waals surface area contributed by atoms with E-state index < -0.39 is 19.8 Å². The molecule has 0 saturated carbocycles. The number of hydrogen-bond acceptors (Lipinski definition) is 5. The lowest BCUT2D eigenvalue weighted by Gasteiger charge is -2.24. The van der Waals surface area contributed by atoms with E-state index in [9.17, 15) is 9.59 Å². The van der Waals surface area contributed by atoms with Gasteiger partial charge in [0, 0.05) is 20.2 Å². The molecular formula is C27H40N4O4Si. The van der Waals surface area contributed by atoms with Crippen LogP contribution in [0, 0.1) is 5.92 Å². The van der Waals surface area contributed by atoms with Gasteiger partial charge >= 0.3 is 6.09 Å². The van der Waals surface area contributed by atoms with Crippen LogP contribution >= 0.6 is 0 Å². The van der Waals surface area contributed by atoms with Crippen LogP contribution in [0.5, 0.6) is 0 Å². The lowest BCUT2D eigenvalue weighted by molar-refractivity contribution is -0.118. The van der Waals surface area contributed by atoms with Gasteiger partial charge in [0.15, 0.2) is 0 Å². The average molecular weight is 513 g/mol. The minimum absolute atomic E-state index is 0.125. The number of amides is 2. The molecule has 2 atom stereocenters. The van der Waals surface area contributed by atoms with Crippen LogP contribution in [0.4, 0.5) is 10.5 Å². The number of alkyl carbamates (subject to hydrolysis) is 1. The smallest absolute Gasteiger partial charge is 0.408 e. The molecule has 1 aliphatic rings. The summed E-state index contributed by atoms with van der Waals surface area (Å²) in [6, 6.07) is 8.67. The number of nitrogens with one attached hydrogen (secondary N) is 2. The van der Waals surface area contributed by atoms with Crippen molar-refractivity contribution in [2.24, 2.45) is 5.92 Å². The normalized spacial score (nSPS) is 19.4. The zero-order valence-electron chi connectivity index (χ0n) is 22.6. The summed E-state index contributed by atoms with van der Waals surface area (Å²) in [6.45, 7) is 15.3. The van der Waals surface area contributed by atoms with Crippen molar-refractivity contribution in [2.75, 3.05) is 11.9 Å². The molecule has 2 N–H and O–H groups in total. The minimum Gasteiger partial charge on any atom is -0.444 e. The van der Waals surface area contributed by atoms with Crippen LogP contribution in [0.1, 0.15) is 45.7 Å². The van der Waals surface area contributed by atoms with Gasteiger partial charge in [-0.1, -0.05) is 56.9 Å². The molecule has 0 aliphatic carbocycles. The van der Waals surface area contributed by atoms with E-state index in [1.165, 1.54) is 0 Å². The van der Waals surface area contributed by atoms with Crippen LogP contribution in [0.15, 0.2) is 42.6 Å². The summed E-state index contributed by atoms with van der Waals surface area (Å²) in [5.74, 6) is -0.478. The van der Waals surface area contributed by atoms with Crippen molar-refractivity contribution in [1.29, 1.82) is 0 Å². The minimum atomic E-state index is -1.21. The van der Waals surface area contributed by atoms with Gasteiger partial charge in [-0.2, -0.15) is 5.10 Å². The summed E-state index contributed by atoms with van der Waals surface area (Å²) < 4.78 is 13.2. The molecule has 0 fully saturated rings. The lowest BCUT2D eigenvalue weighted by Crippen LogP contribution is -2.35. The van der Waals surface area contributed by atoms with E-state index in [2.05, 4.69) is 35.4 Å². The molecule has 1 aromatic carbocycles. The number of anilines is 1. The summed E-state index contributed by atoms with van der Waals surface area (Å²) in [7, 11) is -1.21. The van der Waals surface area contributed by atoms with Gasteiger partial charge in [0.2, 0.25) is 5.91 Å². The second-order valence-corrected chi connectivity index (χ2v) is 17.1. The second-order valence-electron chi connectivity index (χ2n) is 11.5. The molecule has 2 amide bonds. The van der Waals surface area contributed by atoms with Gasteiger partial charge in [-0.05, 0) is 44.9 Å². The fraction of sp³-hybridized carbons (Fsp3) is 0.519. The Bertz CT molecular complexity index is 1100. The molecule has 0 unspecified atom stereocenters. The molecule has 1 aliphatic heterocycles. The number of fused-ring (bicyclic) bond motifs is 4. The molecule has 0 saturated heterocycles. The Kier molecular flexibility index (Phi) is 8.79. The fourth-order valence-corrected chi connectivity index (χ4v) is 4.55. The van der Waals surface area contributed by atoms with Crippen LogP contribution < -0.4 is 10.6 Å². The molecule has 0 spiro atoms. The van der Waals surface area contributed by atoms with Gasteiger partial charge in [-0.3, -0.25) is 4.79 Å². The van der Waals surface area contributed by atoms with Crippen molar-refractivity contribution in [3.8, 4) is 11.3 Å². The third-order valence-corrected chi connectivity index (χ3v) is 7.47. The van der Waals surface area contributed by atoms with Gasteiger partial charge in [0.1, 0.15) is 12.3 Å². The number of ether oxygens (including phenoxy) is 2. The predicted octanol–water partition coefficient (Wildman–Crippen LogP) is 5.96. The Morgan fingerprint density at radius 1 is 1.28 bits per heavy atom. The van der Waals surface area contributed by atoms with Gasteiger partial charge in [0.25, 0.3) is 0 Å². The third kappa shape index (κ3) is 8.06. The second kappa shape index (κ2) is 11.4. The molecule has 196 valence electrons. The maximum absolute atomic E-state index is 12.9. The first-order valence-electron chi connectivity index (χ1n) is 12.5. The van der Waals surface area contributed by atoms with Crippen molar-refractivity contribution in [1.82, 2.24) is 15.1 Å².